The third-order valence-corrected chi connectivity index (χ3v) is 2.16. The fraction of sp³-hybridized carbons (Fsp3) is 0.917. The van der Waals surface area contributed by atoms with Crippen molar-refractivity contribution in [1.82, 2.24) is 10.6 Å². The van der Waals surface area contributed by atoms with Crippen LogP contribution in [-0.2, 0) is 14.3 Å². The van der Waals surface area contributed by atoms with Gasteiger partial charge in [0.05, 0.1) is 13.2 Å². The summed E-state index contributed by atoms with van der Waals surface area (Å²) in [5.74, 6) is -0.229. The number of alkyl halides is 1. The molecule has 0 radical (unpaired) electrons. The number of ether oxygens (including phenoxy) is 2. The number of nitrogens with one attached hydrogen (secondary N) is 2. The van der Waals surface area contributed by atoms with Crippen molar-refractivity contribution in [2.24, 2.45) is 0 Å². The van der Waals surface area contributed by atoms with Gasteiger partial charge < -0.3 is 20.1 Å². The molecule has 0 aromatic rings. The van der Waals surface area contributed by atoms with Crippen molar-refractivity contribution in [2.75, 3.05) is 46.6 Å². The van der Waals surface area contributed by atoms with Crippen LogP contribution in [0.3, 0.4) is 0 Å². The standard InChI is InChI=1S/C12H25FN2O3/c1-11(16)15-9-12(13)10-18-8-4-7-17-6-3-5-14-2/h12,14H,3-10H2,1-2H3,(H,15,16). The Bertz CT molecular complexity index is 206. The Morgan fingerprint density at radius 3 is 2.56 bits per heavy atom. The van der Waals surface area contributed by atoms with Gasteiger partial charge in [-0.1, -0.05) is 0 Å². The van der Waals surface area contributed by atoms with Gasteiger partial charge in [-0.3, -0.25) is 4.79 Å². The van der Waals surface area contributed by atoms with E-state index in [0.717, 1.165) is 26.0 Å². The lowest BCUT2D eigenvalue weighted by atomic mass is 10.4. The molecule has 0 fully saturated rings. The van der Waals surface area contributed by atoms with Crippen LogP contribution in [0.1, 0.15) is 19.8 Å². The number of hydrogen-bond donors (Lipinski definition) is 2. The number of carbonyl (C=O) groups excluding carboxylic acids is 1. The maximum absolute atomic E-state index is 13.1. The summed E-state index contributed by atoms with van der Waals surface area (Å²) in [5, 5.41) is 5.44. The van der Waals surface area contributed by atoms with Crippen molar-refractivity contribution in [3.63, 3.8) is 0 Å². The average molecular weight is 264 g/mol. The normalized spacial score (nSPS) is 12.4. The maximum Gasteiger partial charge on any atom is 0.216 e. The molecule has 1 amide bonds. The summed E-state index contributed by atoms with van der Waals surface area (Å²) in [7, 11) is 1.90. The molecule has 0 rings (SSSR count). The van der Waals surface area contributed by atoms with Gasteiger partial charge in [0.15, 0.2) is 0 Å². The molecule has 5 nitrogen and oxygen atoms in total. The SMILES string of the molecule is CNCCCOCCCOCC(F)CNC(C)=O. The highest BCUT2D eigenvalue weighted by Gasteiger charge is 2.06. The Morgan fingerprint density at radius 2 is 1.89 bits per heavy atom. The minimum absolute atomic E-state index is 0.00977. The molecule has 0 aliphatic carbocycles. The Morgan fingerprint density at radius 1 is 1.22 bits per heavy atom. The Labute approximate surface area is 108 Å². The third kappa shape index (κ3) is 13.3. The molecular formula is C12H25FN2O3. The van der Waals surface area contributed by atoms with E-state index in [-0.39, 0.29) is 19.1 Å². The monoisotopic (exact) mass is 264 g/mol. The lowest BCUT2D eigenvalue weighted by molar-refractivity contribution is -0.119. The van der Waals surface area contributed by atoms with E-state index in [9.17, 15) is 9.18 Å². The number of rotatable bonds is 12. The van der Waals surface area contributed by atoms with Gasteiger partial charge >= 0.3 is 0 Å². The molecule has 0 saturated heterocycles. The van der Waals surface area contributed by atoms with Crippen molar-refractivity contribution in [1.29, 1.82) is 0 Å². The van der Waals surface area contributed by atoms with Crippen LogP contribution in [0.5, 0.6) is 0 Å². The highest BCUT2D eigenvalue weighted by Crippen LogP contribution is 1.93. The molecule has 2 N–H and O–H groups in total. The summed E-state index contributed by atoms with van der Waals surface area (Å²) >= 11 is 0. The van der Waals surface area contributed by atoms with Crippen molar-refractivity contribution in [2.45, 2.75) is 25.9 Å². The minimum Gasteiger partial charge on any atom is -0.381 e. The van der Waals surface area contributed by atoms with Crippen LogP contribution < -0.4 is 10.6 Å². The van der Waals surface area contributed by atoms with E-state index in [2.05, 4.69) is 10.6 Å². The Balaban J connectivity index is 3.12. The Hall–Kier alpha value is -0.720. The van der Waals surface area contributed by atoms with Gasteiger partial charge in [0, 0.05) is 26.7 Å². The van der Waals surface area contributed by atoms with Crippen molar-refractivity contribution in [3.05, 3.63) is 0 Å². The van der Waals surface area contributed by atoms with Gasteiger partial charge in [0.25, 0.3) is 0 Å². The van der Waals surface area contributed by atoms with E-state index >= 15 is 0 Å². The minimum atomic E-state index is -1.15. The first-order chi connectivity index (χ1) is 8.66. The summed E-state index contributed by atoms with van der Waals surface area (Å²) < 4.78 is 23.6. The van der Waals surface area contributed by atoms with Gasteiger partial charge in [-0.25, -0.2) is 4.39 Å². The van der Waals surface area contributed by atoms with Gasteiger partial charge in [-0.2, -0.15) is 0 Å². The lowest BCUT2D eigenvalue weighted by Gasteiger charge is -2.09. The zero-order valence-corrected chi connectivity index (χ0v) is 11.3. The largest absolute Gasteiger partial charge is 0.381 e. The molecule has 0 bridgehead atoms. The molecule has 1 unspecified atom stereocenters. The molecule has 0 spiro atoms. The first kappa shape index (κ1) is 17.3. The van der Waals surface area contributed by atoms with E-state index in [1.165, 1.54) is 6.92 Å². The molecule has 1 atom stereocenters. The Kier molecular flexibility index (Phi) is 12.2. The molecule has 0 aliphatic rings. The number of halogens is 1. The summed E-state index contributed by atoms with van der Waals surface area (Å²) in [4.78, 5) is 10.5. The van der Waals surface area contributed by atoms with Gasteiger partial charge in [0.2, 0.25) is 5.91 Å². The van der Waals surface area contributed by atoms with Crippen LogP contribution in [0.25, 0.3) is 0 Å². The number of amides is 1. The second-order valence-electron chi connectivity index (χ2n) is 4.03. The van der Waals surface area contributed by atoms with Crippen LogP contribution >= 0.6 is 0 Å². The van der Waals surface area contributed by atoms with E-state index in [1.54, 1.807) is 0 Å². The van der Waals surface area contributed by atoms with E-state index < -0.39 is 6.17 Å². The highest BCUT2D eigenvalue weighted by molar-refractivity contribution is 5.72. The van der Waals surface area contributed by atoms with Crippen LogP contribution in [0.2, 0.25) is 0 Å². The first-order valence-electron chi connectivity index (χ1n) is 6.35. The van der Waals surface area contributed by atoms with Crippen molar-refractivity contribution < 1.29 is 18.7 Å². The maximum atomic E-state index is 13.1. The van der Waals surface area contributed by atoms with Crippen LogP contribution in [-0.4, -0.2) is 58.6 Å². The van der Waals surface area contributed by atoms with Crippen molar-refractivity contribution in [3.8, 4) is 0 Å². The van der Waals surface area contributed by atoms with E-state index in [0.29, 0.717) is 13.2 Å². The smallest absolute Gasteiger partial charge is 0.216 e. The lowest BCUT2D eigenvalue weighted by Crippen LogP contribution is -2.30. The molecule has 0 heterocycles. The van der Waals surface area contributed by atoms with Gasteiger partial charge in [-0.15, -0.1) is 0 Å². The topological polar surface area (TPSA) is 59.6 Å². The fourth-order valence-electron chi connectivity index (χ4n) is 1.24. The predicted octanol–water partition coefficient (Wildman–Crippen LogP) is 0.493. The molecule has 0 aromatic carbocycles. The fourth-order valence-corrected chi connectivity index (χ4v) is 1.24. The third-order valence-electron chi connectivity index (χ3n) is 2.16. The van der Waals surface area contributed by atoms with E-state index in [4.69, 9.17) is 9.47 Å². The zero-order valence-electron chi connectivity index (χ0n) is 11.3. The quantitative estimate of drug-likeness (QED) is 0.504. The van der Waals surface area contributed by atoms with Crippen molar-refractivity contribution >= 4 is 5.91 Å². The van der Waals surface area contributed by atoms with Crippen LogP contribution in [0.15, 0.2) is 0 Å². The van der Waals surface area contributed by atoms with Crippen LogP contribution in [0.4, 0.5) is 4.39 Å². The number of carbonyl (C=O) groups is 1. The molecule has 6 heteroatoms. The molecule has 0 aromatic heterocycles. The number of hydrogen-bond acceptors (Lipinski definition) is 4. The highest BCUT2D eigenvalue weighted by atomic mass is 19.1. The molecule has 0 saturated carbocycles. The second-order valence-corrected chi connectivity index (χ2v) is 4.03. The zero-order chi connectivity index (χ0) is 13.6. The van der Waals surface area contributed by atoms with Gasteiger partial charge in [-0.05, 0) is 26.4 Å². The predicted molar refractivity (Wildman–Crippen MR) is 68.4 cm³/mol. The molecule has 18 heavy (non-hydrogen) atoms. The molecule has 108 valence electrons. The average Bonchev–Trinajstić information content (AvgIpc) is 2.34. The summed E-state index contributed by atoms with van der Waals surface area (Å²) in [6.45, 7) is 4.17. The summed E-state index contributed by atoms with van der Waals surface area (Å²) in [6, 6.07) is 0. The summed E-state index contributed by atoms with van der Waals surface area (Å²) in [5.41, 5.74) is 0. The molecule has 0 aliphatic heterocycles. The first-order valence-corrected chi connectivity index (χ1v) is 6.35. The summed E-state index contributed by atoms with van der Waals surface area (Å²) in [6.07, 6.45) is 0.595. The molecular weight excluding hydrogens is 239 g/mol. The van der Waals surface area contributed by atoms with E-state index in [1.807, 2.05) is 7.05 Å². The van der Waals surface area contributed by atoms with Crippen LogP contribution in [0, 0.1) is 0 Å². The van der Waals surface area contributed by atoms with Gasteiger partial charge in [0.1, 0.15) is 6.17 Å². The second kappa shape index (κ2) is 12.7.